The third kappa shape index (κ3) is 4.17. The van der Waals surface area contributed by atoms with Gasteiger partial charge in [-0.25, -0.2) is 4.98 Å². The number of anilines is 1. The fraction of sp³-hybridized carbons (Fsp3) is 0.286. The van der Waals surface area contributed by atoms with Crippen molar-refractivity contribution >= 4 is 50.2 Å². The second kappa shape index (κ2) is 8.69. The molecule has 9 heteroatoms. The Balaban J connectivity index is 1.55. The highest BCUT2D eigenvalue weighted by atomic mass is 79.9. The van der Waals surface area contributed by atoms with Crippen molar-refractivity contribution in [1.29, 1.82) is 0 Å². The molecule has 30 heavy (non-hydrogen) atoms. The predicted octanol–water partition coefficient (Wildman–Crippen LogP) is 4.07. The van der Waals surface area contributed by atoms with Crippen LogP contribution in [0, 0.1) is 0 Å². The Morgan fingerprint density at radius 2 is 2.00 bits per heavy atom. The molecule has 1 atom stereocenters. The Morgan fingerprint density at radius 1 is 1.23 bits per heavy atom. The molecule has 4 rings (SSSR count). The van der Waals surface area contributed by atoms with Gasteiger partial charge in [0.1, 0.15) is 13.2 Å². The van der Waals surface area contributed by atoms with Crippen LogP contribution in [-0.2, 0) is 11.3 Å². The number of thioether (sulfide) groups is 1. The molecule has 0 fully saturated rings. The van der Waals surface area contributed by atoms with Crippen LogP contribution in [0.15, 0.2) is 50.8 Å². The van der Waals surface area contributed by atoms with Crippen LogP contribution >= 0.6 is 27.7 Å². The van der Waals surface area contributed by atoms with Crippen LogP contribution in [0.5, 0.6) is 11.5 Å². The molecule has 0 saturated carbocycles. The molecule has 1 unspecified atom stereocenters. The lowest BCUT2D eigenvalue weighted by molar-refractivity contribution is -0.115. The summed E-state index contributed by atoms with van der Waals surface area (Å²) in [4.78, 5) is 30.2. The summed E-state index contributed by atoms with van der Waals surface area (Å²) in [7, 11) is 0. The first-order chi connectivity index (χ1) is 14.5. The molecule has 1 aromatic heterocycles. The van der Waals surface area contributed by atoms with Crippen LogP contribution in [0.1, 0.15) is 13.8 Å². The van der Waals surface area contributed by atoms with Gasteiger partial charge in [0, 0.05) is 22.8 Å². The molecule has 156 valence electrons. The molecule has 7 nitrogen and oxygen atoms in total. The van der Waals surface area contributed by atoms with E-state index in [1.807, 2.05) is 13.0 Å². The summed E-state index contributed by atoms with van der Waals surface area (Å²) in [6, 6.07) is 10.7. The topological polar surface area (TPSA) is 82.5 Å². The summed E-state index contributed by atoms with van der Waals surface area (Å²) in [5.74, 6) is 1.09. The SMILES string of the molecule is CCn1c(SC(C)C(=O)Nc2ccc3c(c2)OCCO3)nc2ccc(Br)cc2c1=O. The summed E-state index contributed by atoms with van der Waals surface area (Å²) in [6.07, 6.45) is 0. The summed E-state index contributed by atoms with van der Waals surface area (Å²) < 4.78 is 13.5. The lowest BCUT2D eigenvalue weighted by Crippen LogP contribution is -2.26. The van der Waals surface area contributed by atoms with E-state index in [0.29, 0.717) is 53.0 Å². The fourth-order valence-electron chi connectivity index (χ4n) is 3.12. The van der Waals surface area contributed by atoms with E-state index >= 15 is 0 Å². The first kappa shape index (κ1) is 20.7. The molecule has 2 heterocycles. The van der Waals surface area contributed by atoms with E-state index in [9.17, 15) is 9.59 Å². The van der Waals surface area contributed by atoms with Gasteiger partial charge in [0.25, 0.3) is 5.56 Å². The van der Waals surface area contributed by atoms with Crippen LogP contribution in [-0.4, -0.2) is 33.9 Å². The van der Waals surface area contributed by atoms with Crippen molar-refractivity contribution in [2.45, 2.75) is 30.8 Å². The molecular formula is C21H20BrN3O4S. The van der Waals surface area contributed by atoms with Gasteiger partial charge in [-0.1, -0.05) is 27.7 Å². The Bertz CT molecular complexity index is 1180. The molecular weight excluding hydrogens is 470 g/mol. The molecule has 1 aliphatic heterocycles. The maximum Gasteiger partial charge on any atom is 0.262 e. The smallest absolute Gasteiger partial charge is 0.262 e. The van der Waals surface area contributed by atoms with E-state index in [2.05, 4.69) is 26.2 Å². The Hall–Kier alpha value is -2.52. The number of benzene rings is 2. The normalized spacial score (nSPS) is 13.8. The Kier molecular flexibility index (Phi) is 6.01. The first-order valence-electron chi connectivity index (χ1n) is 9.53. The monoisotopic (exact) mass is 489 g/mol. The summed E-state index contributed by atoms with van der Waals surface area (Å²) in [5.41, 5.74) is 1.11. The number of carbonyl (C=O) groups is 1. The van der Waals surface area contributed by atoms with Crippen molar-refractivity contribution in [3.05, 3.63) is 51.2 Å². The van der Waals surface area contributed by atoms with Gasteiger partial charge in [-0.3, -0.25) is 14.2 Å². The Morgan fingerprint density at radius 3 is 2.77 bits per heavy atom. The maximum atomic E-state index is 12.9. The zero-order valence-corrected chi connectivity index (χ0v) is 18.9. The third-order valence-corrected chi connectivity index (χ3v) is 6.24. The summed E-state index contributed by atoms with van der Waals surface area (Å²) in [5, 5.41) is 3.49. The number of hydrogen-bond donors (Lipinski definition) is 1. The van der Waals surface area contributed by atoms with Gasteiger partial charge in [0.05, 0.1) is 16.2 Å². The number of carbonyl (C=O) groups excluding carboxylic acids is 1. The van der Waals surface area contributed by atoms with Crippen LogP contribution in [0.25, 0.3) is 10.9 Å². The van der Waals surface area contributed by atoms with Crippen molar-refractivity contribution in [3.8, 4) is 11.5 Å². The molecule has 0 spiro atoms. The summed E-state index contributed by atoms with van der Waals surface area (Å²) >= 11 is 4.65. The van der Waals surface area contributed by atoms with E-state index < -0.39 is 5.25 Å². The van der Waals surface area contributed by atoms with E-state index in [1.54, 1.807) is 41.8 Å². The number of fused-ring (bicyclic) bond motifs is 2. The second-order valence-corrected chi connectivity index (χ2v) is 8.94. The molecule has 0 bridgehead atoms. The molecule has 0 aliphatic carbocycles. The highest BCUT2D eigenvalue weighted by molar-refractivity contribution is 9.10. The first-order valence-corrected chi connectivity index (χ1v) is 11.2. The molecule has 1 aliphatic rings. The highest BCUT2D eigenvalue weighted by Crippen LogP contribution is 2.33. The molecule has 0 radical (unpaired) electrons. The minimum atomic E-state index is -0.462. The lowest BCUT2D eigenvalue weighted by atomic mass is 10.2. The van der Waals surface area contributed by atoms with Gasteiger partial charge in [-0.15, -0.1) is 0 Å². The standard InChI is InChI=1S/C21H20BrN3O4S/c1-3-25-20(27)15-10-13(22)4-6-16(15)24-21(25)30-12(2)19(26)23-14-5-7-17-18(11-14)29-9-8-28-17/h4-7,10-12H,3,8-9H2,1-2H3,(H,23,26). The minimum absolute atomic E-state index is 0.120. The van der Waals surface area contributed by atoms with Crippen LogP contribution in [0.2, 0.25) is 0 Å². The molecule has 0 saturated heterocycles. The predicted molar refractivity (Wildman–Crippen MR) is 121 cm³/mol. The molecule has 3 aromatic rings. The van der Waals surface area contributed by atoms with Crippen LogP contribution in [0.4, 0.5) is 5.69 Å². The zero-order chi connectivity index (χ0) is 21.3. The quantitative estimate of drug-likeness (QED) is 0.429. The van der Waals surface area contributed by atoms with Gasteiger partial charge in [-0.2, -0.15) is 0 Å². The van der Waals surface area contributed by atoms with Crippen molar-refractivity contribution in [3.63, 3.8) is 0 Å². The van der Waals surface area contributed by atoms with Crippen molar-refractivity contribution in [1.82, 2.24) is 9.55 Å². The molecule has 1 amide bonds. The lowest BCUT2D eigenvalue weighted by Gasteiger charge is -2.19. The number of ether oxygens (including phenoxy) is 2. The third-order valence-electron chi connectivity index (χ3n) is 4.66. The number of rotatable bonds is 5. The number of nitrogens with one attached hydrogen (secondary N) is 1. The fourth-order valence-corrected chi connectivity index (χ4v) is 4.45. The molecule has 1 N–H and O–H groups in total. The van der Waals surface area contributed by atoms with E-state index in [-0.39, 0.29) is 11.5 Å². The van der Waals surface area contributed by atoms with Gasteiger partial charge in [0.2, 0.25) is 5.91 Å². The maximum absolute atomic E-state index is 12.9. The highest BCUT2D eigenvalue weighted by Gasteiger charge is 2.20. The van der Waals surface area contributed by atoms with Crippen molar-refractivity contribution in [2.75, 3.05) is 18.5 Å². The number of aromatic nitrogens is 2. The average molecular weight is 490 g/mol. The Labute approximate surface area is 185 Å². The van der Waals surface area contributed by atoms with E-state index in [0.717, 1.165) is 4.47 Å². The van der Waals surface area contributed by atoms with Gasteiger partial charge in [0.15, 0.2) is 16.7 Å². The minimum Gasteiger partial charge on any atom is -0.486 e. The van der Waals surface area contributed by atoms with Gasteiger partial charge in [-0.05, 0) is 44.2 Å². The average Bonchev–Trinajstić information content (AvgIpc) is 2.74. The number of nitrogens with zero attached hydrogens (tertiary/aromatic N) is 2. The summed E-state index contributed by atoms with van der Waals surface area (Å²) in [6.45, 7) is 5.14. The van der Waals surface area contributed by atoms with Gasteiger partial charge >= 0.3 is 0 Å². The zero-order valence-electron chi connectivity index (χ0n) is 16.5. The second-order valence-electron chi connectivity index (χ2n) is 6.71. The largest absolute Gasteiger partial charge is 0.486 e. The number of hydrogen-bond acceptors (Lipinski definition) is 6. The van der Waals surface area contributed by atoms with Crippen molar-refractivity contribution in [2.24, 2.45) is 0 Å². The van der Waals surface area contributed by atoms with Crippen LogP contribution in [0.3, 0.4) is 0 Å². The van der Waals surface area contributed by atoms with E-state index in [1.165, 1.54) is 11.8 Å². The number of amides is 1. The van der Waals surface area contributed by atoms with Crippen LogP contribution < -0.4 is 20.3 Å². The van der Waals surface area contributed by atoms with Gasteiger partial charge < -0.3 is 14.8 Å². The molecule has 2 aromatic carbocycles. The number of halogens is 1. The van der Waals surface area contributed by atoms with E-state index in [4.69, 9.17) is 9.47 Å². The van der Waals surface area contributed by atoms with Crippen molar-refractivity contribution < 1.29 is 14.3 Å².